The van der Waals surface area contributed by atoms with Crippen LogP contribution in [0.4, 0.5) is 62.8 Å². The highest BCUT2D eigenvalue weighted by Gasteiger charge is 2.59. The van der Waals surface area contributed by atoms with E-state index in [1.807, 2.05) is 0 Å². The first-order chi connectivity index (χ1) is 19.2. The summed E-state index contributed by atoms with van der Waals surface area (Å²) in [4.78, 5) is 0.567. The monoisotopic (exact) mass is 623 g/mol. The molecule has 0 saturated heterocycles. The molecule has 0 aromatic heterocycles. The lowest BCUT2D eigenvalue weighted by molar-refractivity contribution is -0.289. The van der Waals surface area contributed by atoms with Gasteiger partial charge in [-0.3, -0.25) is 0 Å². The van der Waals surface area contributed by atoms with E-state index in [2.05, 4.69) is 0 Å². The molecule has 3 aromatic carbocycles. The van der Waals surface area contributed by atoms with Crippen LogP contribution in [0.2, 0.25) is 0 Å². The molecule has 42 heavy (non-hydrogen) atoms. The fraction of sp³-hybridized carbons (Fsp3) is 0.308. The van der Waals surface area contributed by atoms with Crippen LogP contribution in [-0.4, -0.2) is 36.3 Å². The zero-order valence-corrected chi connectivity index (χ0v) is 20.6. The molecule has 2 unspecified atom stereocenters. The van der Waals surface area contributed by atoms with E-state index in [0.717, 1.165) is 24.3 Å². The average molecular weight is 623 g/mol. The molecule has 0 amide bonds. The van der Waals surface area contributed by atoms with E-state index in [1.54, 1.807) is 0 Å². The Hall–Kier alpha value is -3.69. The van der Waals surface area contributed by atoms with E-state index in [1.165, 1.54) is 18.2 Å². The summed E-state index contributed by atoms with van der Waals surface area (Å²) in [5.74, 6) is -11.7. The smallest absolute Gasteiger partial charge is 0.458 e. The van der Waals surface area contributed by atoms with E-state index in [0.29, 0.717) is 29.2 Å². The van der Waals surface area contributed by atoms with Crippen LogP contribution in [0.3, 0.4) is 0 Å². The number of nitrogens with zero attached hydrogens (tertiary/aromatic N) is 1. The number of alkyl halides is 13. The zero-order chi connectivity index (χ0) is 31.7. The van der Waals surface area contributed by atoms with Crippen molar-refractivity contribution in [3.63, 3.8) is 0 Å². The first kappa shape index (κ1) is 32.8. The number of aliphatic hydroxyl groups excluding tert-OH is 1. The fourth-order valence-electron chi connectivity index (χ4n) is 3.67. The van der Waals surface area contributed by atoms with Crippen LogP contribution in [-0.2, 0) is 11.8 Å². The van der Waals surface area contributed by atoms with Crippen molar-refractivity contribution in [3.8, 4) is 5.75 Å². The first-order valence-electron chi connectivity index (χ1n) is 11.5. The Kier molecular flexibility index (Phi) is 9.01. The van der Waals surface area contributed by atoms with Gasteiger partial charge in [0.1, 0.15) is 5.75 Å². The number of anilines is 1. The molecular weight excluding hydrogens is 605 g/mol. The van der Waals surface area contributed by atoms with Crippen molar-refractivity contribution in [3.05, 3.63) is 95.6 Å². The summed E-state index contributed by atoms with van der Waals surface area (Å²) < 4.78 is 180. The third kappa shape index (κ3) is 7.02. The number of para-hydroxylation sites is 1. The minimum Gasteiger partial charge on any atom is -0.466 e. The van der Waals surface area contributed by atoms with Crippen LogP contribution in [0.5, 0.6) is 5.75 Å². The molecule has 0 fully saturated rings. The molecule has 0 saturated carbocycles. The van der Waals surface area contributed by atoms with Gasteiger partial charge in [-0.05, 0) is 30.3 Å². The fourth-order valence-corrected chi connectivity index (χ4v) is 3.67. The first-order valence-corrected chi connectivity index (χ1v) is 11.5. The Morgan fingerprint density at radius 2 is 1.12 bits per heavy atom. The third-order valence-electron chi connectivity index (χ3n) is 5.81. The predicted octanol–water partition coefficient (Wildman–Crippen LogP) is 8.50. The molecule has 1 N–H and O–H groups in total. The van der Waals surface area contributed by atoms with Crippen molar-refractivity contribution in [1.82, 2.24) is 0 Å². The van der Waals surface area contributed by atoms with Gasteiger partial charge in [-0.25, -0.2) is 0 Å². The minimum absolute atomic E-state index is 0.179. The van der Waals surface area contributed by atoms with Crippen molar-refractivity contribution >= 4 is 5.69 Å². The Morgan fingerprint density at radius 3 is 1.62 bits per heavy atom. The largest absolute Gasteiger partial charge is 0.466 e. The quantitative estimate of drug-likeness (QED) is 0.192. The van der Waals surface area contributed by atoms with Gasteiger partial charge in [0.05, 0.1) is 6.54 Å². The van der Waals surface area contributed by atoms with Gasteiger partial charge >= 0.3 is 30.4 Å². The molecule has 0 heterocycles. The number of hydrogen-bond acceptors (Lipinski definition) is 3. The molecule has 3 aromatic rings. The van der Waals surface area contributed by atoms with Crippen molar-refractivity contribution in [2.75, 3.05) is 11.4 Å². The summed E-state index contributed by atoms with van der Waals surface area (Å²) in [6.07, 6.45) is -22.8. The van der Waals surface area contributed by atoms with Crippen LogP contribution < -0.4 is 9.64 Å². The van der Waals surface area contributed by atoms with Crippen molar-refractivity contribution in [1.29, 1.82) is 0 Å². The summed E-state index contributed by atoms with van der Waals surface area (Å²) in [6, 6.07) is 10.4. The summed E-state index contributed by atoms with van der Waals surface area (Å²) >= 11 is 0. The second-order valence-corrected chi connectivity index (χ2v) is 8.81. The summed E-state index contributed by atoms with van der Waals surface area (Å²) in [5.41, 5.74) is -4.26. The van der Waals surface area contributed by atoms with E-state index in [9.17, 15) is 62.2 Å². The van der Waals surface area contributed by atoms with Crippen LogP contribution in [0.15, 0.2) is 78.9 Å². The van der Waals surface area contributed by atoms with Crippen LogP contribution in [0, 0.1) is 0 Å². The Morgan fingerprint density at radius 1 is 0.619 bits per heavy atom. The highest BCUT2D eigenvalue weighted by molar-refractivity contribution is 5.49. The summed E-state index contributed by atoms with van der Waals surface area (Å²) in [6.45, 7) is -1.43. The average Bonchev–Trinajstić information content (AvgIpc) is 2.89. The van der Waals surface area contributed by atoms with Crippen LogP contribution in [0.25, 0.3) is 0 Å². The lowest BCUT2D eigenvalue weighted by Crippen LogP contribution is -2.44. The number of halogens is 13. The van der Waals surface area contributed by atoms with Gasteiger partial charge in [-0.2, -0.15) is 57.1 Å². The molecule has 0 aliphatic rings. The molecule has 0 radical (unpaired) electrons. The summed E-state index contributed by atoms with van der Waals surface area (Å²) in [5, 5.41) is 9.80. The number of rotatable bonds is 9. The van der Waals surface area contributed by atoms with Crippen molar-refractivity contribution in [2.24, 2.45) is 0 Å². The maximum Gasteiger partial charge on any atom is 0.458 e. The molecule has 3 nitrogen and oxygen atoms in total. The highest BCUT2D eigenvalue weighted by Crippen LogP contribution is 2.46. The maximum atomic E-state index is 14.2. The second-order valence-electron chi connectivity index (χ2n) is 8.81. The third-order valence-corrected chi connectivity index (χ3v) is 5.81. The van der Waals surface area contributed by atoms with Gasteiger partial charge in [-0.1, -0.05) is 48.5 Å². The molecule has 0 spiro atoms. The van der Waals surface area contributed by atoms with E-state index in [-0.39, 0.29) is 17.8 Å². The zero-order valence-electron chi connectivity index (χ0n) is 20.6. The number of aliphatic hydroxyl groups is 1. The highest BCUT2D eigenvalue weighted by atomic mass is 19.4. The molecular formula is C26H18F13NO2. The van der Waals surface area contributed by atoms with Crippen molar-refractivity contribution < 1.29 is 66.9 Å². The number of hydrogen-bond donors (Lipinski definition) is 1. The second kappa shape index (κ2) is 11.5. The molecule has 2 atom stereocenters. The molecule has 16 heteroatoms. The molecule has 0 bridgehead atoms. The van der Waals surface area contributed by atoms with Gasteiger partial charge in [0.25, 0.3) is 0 Å². The number of benzene rings is 3. The summed E-state index contributed by atoms with van der Waals surface area (Å²) in [7, 11) is 0. The molecule has 230 valence electrons. The normalized spacial score (nSPS) is 14.8. The van der Waals surface area contributed by atoms with Gasteiger partial charge < -0.3 is 14.7 Å². The van der Waals surface area contributed by atoms with Crippen LogP contribution in [0.1, 0.15) is 22.9 Å². The SMILES string of the molecule is OC(CN(c1ccccc1)C(Oc1cccc(C(F)(F)C(F)(F)F)c1)c1cccc(C(F)(F)C(F)(F)F)c1)C(F)(F)F. The van der Waals surface area contributed by atoms with Crippen molar-refractivity contribution in [2.45, 2.75) is 42.7 Å². The van der Waals surface area contributed by atoms with Gasteiger partial charge in [0.15, 0.2) is 12.3 Å². The van der Waals surface area contributed by atoms with Crippen LogP contribution >= 0.6 is 0 Å². The number of ether oxygens (including phenoxy) is 1. The van der Waals surface area contributed by atoms with Gasteiger partial charge in [0, 0.05) is 22.4 Å². The lowest BCUT2D eigenvalue weighted by atomic mass is 10.0. The topological polar surface area (TPSA) is 32.7 Å². The molecule has 0 aliphatic carbocycles. The lowest BCUT2D eigenvalue weighted by Gasteiger charge is -2.36. The Bertz CT molecular complexity index is 1340. The van der Waals surface area contributed by atoms with E-state index in [4.69, 9.17) is 4.74 Å². The maximum absolute atomic E-state index is 14.2. The predicted molar refractivity (Wildman–Crippen MR) is 122 cm³/mol. The molecule has 3 rings (SSSR count). The van der Waals surface area contributed by atoms with Gasteiger partial charge in [-0.15, -0.1) is 0 Å². The minimum atomic E-state index is -6.11. The Labute approximate surface area is 228 Å². The standard InChI is InChI=1S/C26H18F13NO2/c27-22(28,25(34,35)36)16-7-4-6-15(12-16)21(40(14-20(41)24(31,32)33)18-9-2-1-3-10-18)42-19-11-5-8-17(13-19)23(29,30)26(37,38)39/h1-13,20-21,41H,14H2. The van der Waals surface area contributed by atoms with Gasteiger partial charge in [0.2, 0.25) is 0 Å². The Balaban J connectivity index is 2.22. The molecule has 0 aliphatic heterocycles. The van der Waals surface area contributed by atoms with E-state index >= 15 is 0 Å². The van der Waals surface area contributed by atoms with E-state index < -0.39 is 71.7 Å².